The van der Waals surface area contributed by atoms with Gasteiger partial charge in [-0.05, 0) is 54.4 Å². The highest BCUT2D eigenvalue weighted by Crippen LogP contribution is 2.46. The molecule has 168 valence electrons. The molecule has 1 aliphatic rings. The molecule has 5 heteroatoms. The third-order valence-electron chi connectivity index (χ3n) is 7.31. The van der Waals surface area contributed by atoms with Gasteiger partial charge >= 0.3 is 5.97 Å². The van der Waals surface area contributed by atoms with E-state index in [9.17, 15) is 14.4 Å². The third-order valence-corrected chi connectivity index (χ3v) is 10.8. The van der Waals surface area contributed by atoms with E-state index in [2.05, 4.69) is 45.0 Å². The molecular formula is C25H40O4Si. The van der Waals surface area contributed by atoms with Crippen LogP contribution in [0.15, 0.2) is 24.3 Å². The maximum absolute atomic E-state index is 12.2. The summed E-state index contributed by atoms with van der Waals surface area (Å²) >= 11 is 0. The average molecular weight is 433 g/mol. The number of Topliss-reactive ketones (excluding diaryl/α,β-unsaturated/α-hetero) is 1. The number of ether oxygens (including phenoxy) is 1. The fourth-order valence-corrected chi connectivity index (χ4v) is 5.28. The first-order valence-electron chi connectivity index (χ1n) is 11.4. The fraction of sp³-hybridized carbons (Fsp3) is 0.680. The average Bonchev–Trinajstić information content (AvgIpc) is 3.07. The molecule has 0 radical (unpaired) electrons. The Hall–Kier alpha value is -1.46. The van der Waals surface area contributed by atoms with Crippen molar-refractivity contribution < 1.29 is 19.1 Å². The molecule has 0 aromatic heterocycles. The minimum atomic E-state index is -2.28. The smallest absolute Gasteiger partial charge is 0.316 e. The van der Waals surface area contributed by atoms with Crippen molar-refractivity contribution in [3.8, 4) is 0 Å². The first-order chi connectivity index (χ1) is 14.0. The molecule has 1 saturated carbocycles. The molecule has 1 aromatic carbocycles. The topological polar surface area (TPSA) is 63.6 Å². The van der Waals surface area contributed by atoms with Gasteiger partial charge in [0, 0.05) is 12.3 Å². The molecule has 0 amide bonds. The molecule has 4 nitrogen and oxygen atoms in total. The minimum absolute atomic E-state index is 0.00902. The van der Waals surface area contributed by atoms with Crippen molar-refractivity contribution in [2.24, 2.45) is 5.92 Å². The lowest BCUT2D eigenvalue weighted by Crippen LogP contribution is -2.39. The SMILES string of the molecule is CCCCC[C@H](CC(C)(C)[Si](C)(C)O)c1ccc([C@H]2CCC(=O)[C@@H]2C(=O)OC)cc1. The van der Waals surface area contributed by atoms with Crippen LogP contribution in [0.1, 0.15) is 88.7 Å². The Bertz CT molecular complexity index is 718. The third kappa shape index (κ3) is 5.82. The zero-order chi connectivity index (χ0) is 22.5. The number of benzene rings is 1. The van der Waals surface area contributed by atoms with Crippen LogP contribution < -0.4 is 0 Å². The molecule has 0 spiro atoms. The molecule has 0 heterocycles. The molecule has 0 aliphatic heterocycles. The largest absolute Gasteiger partial charge is 0.468 e. The van der Waals surface area contributed by atoms with E-state index in [1.54, 1.807) is 0 Å². The summed E-state index contributed by atoms with van der Waals surface area (Å²) < 4.78 is 4.88. The van der Waals surface area contributed by atoms with Gasteiger partial charge in [-0.3, -0.25) is 9.59 Å². The van der Waals surface area contributed by atoms with Crippen LogP contribution in [0.4, 0.5) is 0 Å². The van der Waals surface area contributed by atoms with Gasteiger partial charge in [0.25, 0.3) is 0 Å². The second-order valence-electron chi connectivity index (χ2n) is 10.1. The van der Waals surface area contributed by atoms with E-state index in [-0.39, 0.29) is 16.7 Å². The Labute approximate surface area is 183 Å². The number of hydrogen-bond donors (Lipinski definition) is 1. The van der Waals surface area contributed by atoms with Gasteiger partial charge in [0.05, 0.1) is 7.11 Å². The highest BCUT2D eigenvalue weighted by Gasteiger charge is 2.42. The highest BCUT2D eigenvalue weighted by molar-refractivity contribution is 6.72. The van der Waals surface area contributed by atoms with Crippen molar-refractivity contribution >= 4 is 20.1 Å². The van der Waals surface area contributed by atoms with Crippen LogP contribution >= 0.6 is 0 Å². The number of ketones is 1. The van der Waals surface area contributed by atoms with Crippen LogP contribution in [0, 0.1) is 5.92 Å². The Balaban J connectivity index is 2.24. The van der Waals surface area contributed by atoms with Gasteiger partial charge in [-0.2, -0.15) is 0 Å². The van der Waals surface area contributed by atoms with Gasteiger partial charge in [0.15, 0.2) is 8.32 Å². The highest BCUT2D eigenvalue weighted by atomic mass is 28.4. The summed E-state index contributed by atoms with van der Waals surface area (Å²) in [4.78, 5) is 35.1. The Morgan fingerprint density at radius 3 is 2.40 bits per heavy atom. The monoisotopic (exact) mass is 432 g/mol. The summed E-state index contributed by atoms with van der Waals surface area (Å²) in [5.74, 6) is -0.772. The van der Waals surface area contributed by atoms with E-state index in [1.807, 2.05) is 13.1 Å². The summed E-state index contributed by atoms with van der Waals surface area (Å²) in [5.41, 5.74) is 2.34. The number of carbonyl (C=O) groups excluding carboxylic acids is 2. The summed E-state index contributed by atoms with van der Waals surface area (Å²) in [5, 5.41) is -0.0730. The van der Waals surface area contributed by atoms with Gasteiger partial charge in [-0.25, -0.2) is 0 Å². The number of rotatable bonds is 10. The lowest BCUT2D eigenvalue weighted by molar-refractivity contribution is -0.148. The van der Waals surface area contributed by atoms with E-state index in [1.165, 1.54) is 31.9 Å². The van der Waals surface area contributed by atoms with Crippen LogP contribution in [0.2, 0.25) is 18.1 Å². The minimum Gasteiger partial charge on any atom is -0.468 e. The van der Waals surface area contributed by atoms with Crippen molar-refractivity contribution in [1.29, 1.82) is 0 Å². The van der Waals surface area contributed by atoms with Crippen LogP contribution in [0.3, 0.4) is 0 Å². The molecule has 1 aliphatic carbocycles. The lowest BCUT2D eigenvalue weighted by Gasteiger charge is -2.38. The molecule has 1 N–H and O–H groups in total. The van der Waals surface area contributed by atoms with E-state index in [0.29, 0.717) is 18.8 Å². The van der Waals surface area contributed by atoms with Gasteiger partial charge in [0.1, 0.15) is 11.7 Å². The van der Waals surface area contributed by atoms with E-state index < -0.39 is 20.2 Å². The standard InChI is InChI=1S/C25H40O4Si/c1-7-8-9-10-20(17-25(2,3)30(5,6)28)18-11-13-19(14-12-18)21-15-16-22(26)23(21)24(27)29-4/h11-14,20-21,23,28H,7-10,15-17H2,1-6H3/t20-,21-,23-/m1/s1. The van der Waals surface area contributed by atoms with Crippen molar-refractivity contribution in [3.05, 3.63) is 35.4 Å². The Kier molecular flexibility index (Phi) is 8.46. The van der Waals surface area contributed by atoms with Gasteiger partial charge < -0.3 is 9.53 Å². The van der Waals surface area contributed by atoms with Gasteiger partial charge in [-0.15, -0.1) is 0 Å². The van der Waals surface area contributed by atoms with E-state index >= 15 is 0 Å². The molecular weight excluding hydrogens is 392 g/mol. The molecule has 2 rings (SSSR count). The van der Waals surface area contributed by atoms with Crippen molar-refractivity contribution in [3.63, 3.8) is 0 Å². The van der Waals surface area contributed by atoms with E-state index in [4.69, 9.17) is 4.74 Å². The second kappa shape index (κ2) is 10.2. The first kappa shape index (κ1) is 24.8. The first-order valence-corrected chi connectivity index (χ1v) is 14.4. The van der Waals surface area contributed by atoms with Crippen molar-refractivity contribution in [2.45, 2.75) is 95.7 Å². The molecule has 0 unspecified atom stereocenters. The summed E-state index contributed by atoms with van der Waals surface area (Å²) in [6, 6.07) is 8.53. The second-order valence-corrected chi connectivity index (χ2v) is 14.6. The summed E-state index contributed by atoms with van der Waals surface area (Å²) in [6.07, 6.45) is 6.84. The Morgan fingerprint density at radius 2 is 1.87 bits per heavy atom. The predicted octanol–water partition coefficient (Wildman–Crippen LogP) is 5.95. The quantitative estimate of drug-likeness (QED) is 0.215. The number of methoxy groups -OCH3 is 1. The van der Waals surface area contributed by atoms with Gasteiger partial charge in [-0.1, -0.05) is 64.3 Å². The summed E-state index contributed by atoms with van der Waals surface area (Å²) in [6.45, 7) is 10.7. The Morgan fingerprint density at radius 1 is 1.23 bits per heavy atom. The number of unbranched alkanes of at least 4 members (excludes halogenated alkanes) is 2. The maximum atomic E-state index is 12.2. The lowest BCUT2D eigenvalue weighted by atomic mass is 9.83. The number of hydrogen-bond acceptors (Lipinski definition) is 4. The molecule has 30 heavy (non-hydrogen) atoms. The van der Waals surface area contributed by atoms with E-state index in [0.717, 1.165) is 18.4 Å². The number of carbonyl (C=O) groups is 2. The number of esters is 1. The molecule has 1 aromatic rings. The molecule has 1 fully saturated rings. The zero-order valence-electron chi connectivity index (χ0n) is 19.7. The predicted molar refractivity (Wildman–Crippen MR) is 124 cm³/mol. The van der Waals surface area contributed by atoms with Crippen molar-refractivity contribution in [1.82, 2.24) is 0 Å². The van der Waals surface area contributed by atoms with Gasteiger partial charge in [0.2, 0.25) is 0 Å². The zero-order valence-corrected chi connectivity index (χ0v) is 20.7. The normalized spacial score (nSPS) is 21.0. The van der Waals surface area contributed by atoms with Crippen LogP contribution in [-0.4, -0.2) is 32.0 Å². The van der Waals surface area contributed by atoms with Crippen molar-refractivity contribution in [2.75, 3.05) is 7.11 Å². The van der Waals surface area contributed by atoms with Crippen LogP contribution in [0.5, 0.6) is 0 Å². The molecule has 3 atom stereocenters. The van der Waals surface area contributed by atoms with Crippen LogP contribution in [0.25, 0.3) is 0 Å². The fourth-order valence-electron chi connectivity index (χ4n) is 4.53. The molecule has 0 saturated heterocycles. The summed E-state index contributed by atoms with van der Waals surface area (Å²) in [7, 11) is -0.933. The van der Waals surface area contributed by atoms with Crippen LogP contribution in [-0.2, 0) is 14.3 Å². The molecule has 0 bridgehead atoms. The maximum Gasteiger partial charge on any atom is 0.316 e.